The van der Waals surface area contributed by atoms with Gasteiger partial charge in [-0.1, -0.05) is 13.0 Å². The van der Waals surface area contributed by atoms with Gasteiger partial charge >= 0.3 is 18.1 Å². The zero-order valence-corrected chi connectivity index (χ0v) is 21.7. The summed E-state index contributed by atoms with van der Waals surface area (Å²) >= 11 is 0. The molecule has 4 rings (SSSR count). The van der Waals surface area contributed by atoms with E-state index in [1.54, 1.807) is 25.3 Å². The first kappa shape index (κ1) is 29.1. The van der Waals surface area contributed by atoms with E-state index in [0.29, 0.717) is 37.6 Å². The fraction of sp³-hybridized carbons (Fsp3) is 0.357. The van der Waals surface area contributed by atoms with Crippen LogP contribution in [0.4, 0.5) is 22.0 Å². The summed E-state index contributed by atoms with van der Waals surface area (Å²) in [5, 5.41) is 0. The van der Waals surface area contributed by atoms with Crippen LogP contribution < -0.4 is 4.74 Å². The lowest BCUT2D eigenvalue weighted by atomic mass is 10.0. The number of benzene rings is 2. The van der Waals surface area contributed by atoms with Crippen LogP contribution in [0, 0.1) is 24.5 Å². The van der Waals surface area contributed by atoms with Gasteiger partial charge in [-0.25, -0.2) is 23.5 Å². The molecule has 0 fully saturated rings. The molecular formula is C28H26F5N3O4. The van der Waals surface area contributed by atoms with E-state index in [2.05, 4.69) is 9.72 Å². The van der Waals surface area contributed by atoms with Crippen LogP contribution >= 0.6 is 0 Å². The standard InChI is InChI=1S/C28H26F5N3O4/c1-16(10-25(37)40-27(38)28(31,32)33)13-36-9-8-23-19(14-36)12-34-26(35-23)18-6-7-24(17(2)11-18)39-15-20-21(29)4-3-5-22(20)30/h3-7,11-12,16H,8-10,13-15H2,1-2H3. The van der Waals surface area contributed by atoms with Crippen LogP contribution in [0.1, 0.15) is 35.7 Å². The Morgan fingerprint density at radius 1 is 1.12 bits per heavy atom. The first-order chi connectivity index (χ1) is 18.9. The van der Waals surface area contributed by atoms with Gasteiger partial charge in [0.2, 0.25) is 0 Å². The van der Waals surface area contributed by atoms with Crippen LogP contribution in [0.15, 0.2) is 42.6 Å². The fourth-order valence-corrected chi connectivity index (χ4v) is 4.43. The number of carbonyl (C=O) groups is 2. The van der Waals surface area contributed by atoms with E-state index in [0.717, 1.165) is 22.4 Å². The van der Waals surface area contributed by atoms with Crippen LogP contribution in [0.2, 0.25) is 0 Å². The SMILES string of the molecule is Cc1cc(-c2ncc3c(n2)CCN(CC(C)CC(=O)OC(=O)C(F)(F)F)C3)ccc1OCc1c(F)cccc1F. The number of aryl methyl sites for hydroxylation is 1. The van der Waals surface area contributed by atoms with Gasteiger partial charge in [0.15, 0.2) is 5.82 Å². The zero-order valence-electron chi connectivity index (χ0n) is 21.7. The van der Waals surface area contributed by atoms with E-state index in [1.807, 2.05) is 17.9 Å². The number of nitrogens with zero attached hydrogens (tertiary/aromatic N) is 3. The Labute approximate surface area is 226 Å². The fourth-order valence-electron chi connectivity index (χ4n) is 4.43. The van der Waals surface area contributed by atoms with Crippen molar-refractivity contribution < 1.29 is 41.0 Å². The average molecular weight is 564 g/mol. The molecule has 1 aliphatic heterocycles. The molecule has 0 aliphatic carbocycles. The van der Waals surface area contributed by atoms with Crippen LogP contribution in [-0.4, -0.2) is 46.1 Å². The lowest BCUT2D eigenvalue weighted by molar-refractivity contribution is -0.202. The van der Waals surface area contributed by atoms with E-state index in [1.165, 1.54) is 18.2 Å². The van der Waals surface area contributed by atoms with E-state index in [-0.39, 0.29) is 24.5 Å². The van der Waals surface area contributed by atoms with Crippen molar-refractivity contribution in [2.24, 2.45) is 5.92 Å². The number of esters is 2. The summed E-state index contributed by atoms with van der Waals surface area (Å²) in [6, 6.07) is 8.93. The van der Waals surface area contributed by atoms with Crippen LogP contribution in [-0.2, 0) is 33.9 Å². The number of alkyl halides is 3. The van der Waals surface area contributed by atoms with Crippen LogP contribution in [0.3, 0.4) is 0 Å². The van der Waals surface area contributed by atoms with Gasteiger partial charge in [-0.3, -0.25) is 9.69 Å². The molecule has 1 aromatic heterocycles. The Morgan fingerprint density at radius 3 is 2.52 bits per heavy atom. The number of carbonyl (C=O) groups excluding carboxylic acids is 2. The Bertz CT molecular complexity index is 1390. The van der Waals surface area contributed by atoms with Gasteiger partial charge in [0.1, 0.15) is 24.0 Å². The van der Waals surface area contributed by atoms with Crippen molar-refractivity contribution in [2.45, 2.75) is 46.0 Å². The zero-order chi connectivity index (χ0) is 29.0. The van der Waals surface area contributed by atoms with Crippen molar-refractivity contribution >= 4 is 11.9 Å². The second-order valence-electron chi connectivity index (χ2n) is 9.69. The highest BCUT2D eigenvalue weighted by Gasteiger charge is 2.42. The lowest BCUT2D eigenvalue weighted by Crippen LogP contribution is -2.35. The number of rotatable bonds is 8. The topological polar surface area (TPSA) is 81.6 Å². The van der Waals surface area contributed by atoms with E-state index >= 15 is 0 Å². The molecule has 7 nitrogen and oxygen atoms in total. The highest BCUT2D eigenvalue weighted by Crippen LogP contribution is 2.27. The molecule has 0 bridgehead atoms. The molecule has 1 aliphatic rings. The third kappa shape index (κ3) is 7.17. The quantitative estimate of drug-likeness (QED) is 0.208. The summed E-state index contributed by atoms with van der Waals surface area (Å²) < 4.78 is 74.1. The maximum atomic E-state index is 13.9. The number of ether oxygens (including phenoxy) is 2. The molecule has 0 saturated heterocycles. The molecule has 0 saturated carbocycles. The van der Waals surface area contributed by atoms with Gasteiger partial charge in [0, 0.05) is 49.8 Å². The van der Waals surface area contributed by atoms with Gasteiger partial charge in [-0.05, 0) is 48.7 Å². The second kappa shape index (κ2) is 12.1. The molecule has 2 aromatic carbocycles. The van der Waals surface area contributed by atoms with Gasteiger partial charge in [-0.2, -0.15) is 13.2 Å². The number of hydrogen-bond acceptors (Lipinski definition) is 7. The first-order valence-corrected chi connectivity index (χ1v) is 12.5. The lowest BCUT2D eigenvalue weighted by Gasteiger charge is -2.30. The first-order valence-electron chi connectivity index (χ1n) is 12.5. The molecule has 12 heteroatoms. The van der Waals surface area contributed by atoms with Gasteiger partial charge in [0.05, 0.1) is 11.3 Å². The monoisotopic (exact) mass is 563 g/mol. The third-order valence-electron chi connectivity index (χ3n) is 6.40. The third-order valence-corrected chi connectivity index (χ3v) is 6.40. The molecule has 2 heterocycles. The second-order valence-corrected chi connectivity index (χ2v) is 9.69. The van der Waals surface area contributed by atoms with Crippen molar-refractivity contribution in [1.82, 2.24) is 14.9 Å². The summed E-state index contributed by atoms with van der Waals surface area (Å²) in [5.74, 6) is -4.44. The number of aromatic nitrogens is 2. The summed E-state index contributed by atoms with van der Waals surface area (Å²) in [7, 11) is 0. The van der Waals surface area contributed by atoms with Crippen molar-refractivity contribution in [2.75, 3.05) is 13.1 Å². The maximum absolute atomic E-state index is 13.9. The maximum Gasteiger partial charge on any atom is 0.491 e. The van der Waals surface area contributed by atoms with Gasteiger partial charge < -0.3 is 9.47 Å². The predicted molar refractivity (Wildman–Crippen MR) is 133 cm³/mol. The van der Waals surface area contributed by atoms with Gasteiger partial charge in [0.25, 0.3) is 0 Å². The molecule has 1 unspecified atom stereocenters. The highest BCUT2D eigenvalue weighted by molar-refractivity contribution is 5.88. The van der Waals surface area contributed by atoms with Gasteiger partial charge in [-0.15, -0.1) is 0 Å². The number of fused-ring (bicyclic) bond motifs is 1. The van der Waals surface area contributed by atoms with Crippen molar-refractivity contribution in [3.8, 4) is 17.1 Å². The minimum atomic E-state index is -5.22. The van der Waals surface area contributed by atoms with Crippen molar-refractivity contribution in [3.63, 3.8) is 0 Å². The van der Waals surface area contributed by atoms with Crippen LogP contribution in [0.5, 0.6) is 5.75 Å². The summed E-state index contributed by atoms with van der Waals surface area (Å²) in [6.45, 7) is 4.77. The minimum absolute atomic E-state index is 0.149. The molecule has 0 amide bonds. The minimum Gasteiger partial charge on any atom is -0.488 e. The van der Waals surface area contributed by atoms with Crippen LogP contribution in [0.25, 0.3) is 11.4 Å². The normalized spacial score (nSPS) is 14.4. The Kier molecular flexibility index (Phi) is 8.77. The summed E-state index contributed by atoms with van der Waals surface area (Å²) in [4.78, 5) is 33.7. The molecule has 212 valence electrons. The molecule has 1 atom stereocenters. The summed E-state index contributed by atoms with van der Waals surface area (Å²) in [6.07, 6.45) is -3.23. The summed E-state index contributed by atoms with van der Waals surface area (Å²) in [5.41, 5.74) is 3.08. The number of halogens is 5. The Hall–Kier alpha value is -3.93. The Morgan fingerprint density at radius 2 is 1.85 bits per heavy atom. The molecule has 0 N–H and O–H groups in total. The number of hydrogen-bond donors (Lipinski definition) is 0. The molecular weight excluding hydrogens is 537 g/mol. The van der Waals surface area contributed by atoms with E-state index < -0.39 is 29.7 Å². The van der Waals surface area contributed by atoms with Crippen molar-refractivity contribution in [3.05, 3.63) is 76.6 Å². The predicted octanol–water partition coefficient (Wildman–Crippen LogP) is 5.33. The smallest absolute Gasteiger partial charge is 0.488 e. The molecule has 3 aromatic rings. The average Bonchev–Trinajstić information content (AvgIpc) is 2.88. The molecule has 0 spiro atoms. The molecule has 0 radical (unpaired) electrons. The van der Waals surface area contributed by atoms with E-state index in [9.17, 15) is 31.5 Å². The highest BCUT2D eigenvalue weighted by atomic mass is 19.4. The molecule has 40 heavy (non-hydrogen) atoms. The van der Waals surface area contributed by atoms with Crippen molar-refractivity contribution in [1.29, 1.82) is 0 Å². The largest absolute Gasteiger partial charge is 0.491 e. The Balaban J connectivity index is 1.34. The van der Waals surface area contributed by atoms with E-state index in [4.69, 9.17) is 9.72 Å².